The number of aromatic nitrogens is 2. The summed E-state index contributed by atoms with van der Waals surface area (Å²) in [5.41, 5.74) is 1.97. The third kappa shape index (κ3) is 7.52. The Morgan fingerprint density at radius 1 is 1.19 bits per heavy atom. The number of halogens is 1. The van der Waals surface area contributed by atoms with E-state index in [9.17, 15) is 4.79 Å². The van der Waals surface area contributed by atoms with E-state index in [1.54, 1.807) is 25.6 Å². The molecule has 5 nitrogen and oxygen atoms in total. The quantitative estimate of drug-likeness (QED) is 0.261. The summed E-state index contributed by atoms with van der Waals surface area (Å²) < 4.78 is 15.1. The monoisotopic (exact) mass is 478 g/mol. The van der Waals surface area contributed by atoms with Crippen LogP contribution in [0.1, 0.15) is 39.1 Å². The fourth-order valence-corrected chi connectivity index (χ4v) is 4.25. The van der Waals surface area contributed by atoms with E-state index in [4.69, 9.17) is 21.1 Å². The second-order valence-electron chi connectivity index (χ2n) is 6.25. The highest BCUT2D eigenvalue weighted by Crippen LogP contribution is 2.30. The molecule has 0 N–H and O–H groups in total. The Labute approximate surface area is 197 Å². The molecule has 0 saturated heterocycles. The molecule has 0 fully saturated rings. The Morgan fingerprint density at radius 2 is 1.90 bits per heavy atom. The topological polar surface area (TPSA) is 61.3 Å². The highest BCUT2D eigenvalue weighted by molar-refractivity contribution is 7.98. The van der Waals surface area contributed by atoms with Crippen LogP contribution in [0.2, 0.25) is 5.02 Å². The molecular weight excluding hydrogens is 452 g/mol. The summed E-state index contributed by atoms with van der Waals surface area (Å²) in [5, 5.41) is 1.58. The van der Waals surface area contributed by atoms with Crippen LogP contribution in [0, 0.1) is 6.92 Å². The van der Waals surface area contributed by atoms with Gasteiger partial charge in [-0.05, 0) is 68.2 Å². The van der Waals surface area contributed by atoms with Crippen LogP contribution in [-0.4, -0.2) is 28.0 Å². The van der Waals surface area contributed by atoms with Crippen molar-refractivity contribution < 1.29 is 14.3 Å². The van der Waals surface area contributed by atoms with E-state index in [-0.39, 0.29) is 5.97 Å². The summed E-state index contributed by atoms with van der Waals surface area (Å²) in [6.07, 6.45) is -0.641. The minimum absolute atomic E-state index is 0.339. The van der Waals surface area contributed by atoms with Gasteiger partial charge in [-0.25, -0.2) is 9.78 Å². The number of ether oxygens (including phenoxy) is 2. The third-order valence-electron chi connectivity index (χ3n) is 4.00. The zero-order valence-corrected chi connectivity index (χ0v) is 20.7. The molecule has 0 saturated carbocycles. The molecule has 2 aromatic carbocycles. The number of thioether (sulfide) groups is 1. The Balaban J connectivity index is 0.00000166. The molecule has 3 rings (SSSR count). The van der Waals surface area contributed by atoms with Crippen molar-refractivity contribution in [2.24, 2.45) is 0 Å². The fraction of sp³-hybridized carbons (Fsp3) is 0.348. The molecule has 0 radical (unpaired) electrons. The van der Waals surface area contributed by atoms with Crippen LogP contribution in [0.3, 0.4) is 0 Å². The van der Waals surface area contributed by atoms with Crippen molar-refractivity contribution in [1.29, 1.82) is 0 Å². The molecule has 3 aromatic rings. The molecule has 1 aromatic heterocycles. The number of carbonyl (C=O) groups is 1. The van der Waals surface area contributed by atoms with E-state index in [0.717, 1.165) is 26.9 Å². The molecule has 31 heavy (non-hydrogen) atoms. The molecule has 8 heteroatoms. The average molecular weight is 479 g/mol. The molecule has 0 aliphatic carbocycles. The van der Waals surface area contributed by atoms with E-state index < -0.39 is 6.10 Å². The molecule has 1 atom stereocenters. The summed E-state index contributed by atoms with van der Waals surface area (Å²) in [4.78, 5) is 17.4. The van der Waals surface area contributed by atoms with Crippen molar-refractivity contribution in [3.63, 3.8) is 0 Å². The number of esters is 1. The molecule has 0 aliphatic rings. The number of carbonyl (C=O) groups excluding carboxylic acids is 1. The van der Waals surface area contributed by atoms with Gasteiger partial charge in [0.25, 0.3) is 0 Å². The normalized spacial score (nSPS) is 11.3. The molecule has 0 spiro atoms. The number of hydrogen-bond acceptors (Lipinski definition) is 7. The van der Waals surface area contributed by atoms with Crippen molar-refractivity contribution in [3.8, 4) is 16.3 Å². The van der Waals surface area contributed by atoms with Crippen LogP contribution >= 0.6 is 34.9 Å². The largest absolute Gasteiger partial charge is 0.479 e. The highest BCUT2D eigenvalue weighted by atomic mass is 35.5. The lowest BCUT2D eigenvalue weighted by atomic mass is 10.2. The molecule has 0 bridgehead atoms. The van der Waals surface area contributed by atoms with Gasteiger partial charge in [-0.15, -0.1) is 11.8 Å². The van der Waals surface area contributed by atoms with Crippen molar-refractivity contribution in [1.82, 2.24) is 9.36 Å². The second-order valence-corrected chi connectivity index (χ2v) is 8.49. The fourth-order valence-electron chi connectivity index (χ4n) is 2.51. The maximum Gasteiger partial charge on any atom is 0.347 e. The lowest BCUT2D eigenvalue weighted by molar-refractivity contribution is -0.150. The molecule has 1 unspecified atom stereocenters. The third-order valence-corrected chi connectivity index (χ3v) is 6.04. The summed E-state index contributed by atoms with van der Waals surface area (Å²) in [6.45, 7) is 9.76. The van der Waals surface area contributed by atoms with Crippen molar-refractivity contribution in [3.05, 3.63) is 58.9 Å². The lowest BCUT2D eigenvalue weighted by Crippen LogP contribution is -2.26. The van der Waals surface area contributed by atoms with Crippen LogP contribution in [-0.2, 0) is 15.3 Å². The van der Waals surface area contributed by atoms with Crippen LogP contribution in [0.15, 0.2) is 47.4 Å². The second kappa shape index (κ2) is 12.7. The predicted octanol–water partition coefficient (Wildman–Crippen LogP) is 6.82. The van der Waals surface area contributed by atoms with Gasteiger partial charge in [0.05, 0.1) is 12.4 Å². The highest BCUT2D eigenvalue weighted by Gasteiger charge is 2.17. The van der Waals surface area contributed by atoms with Gasteiger partial charge in [-0.3, -0.25) is 0 Å². The van der Waals surface area contributed by atoms with Gasteiger partial charge in [0.2, 0.25) is 0 Å². The molecule has 1 heterocycles. The van der Waals surface area contributed by atoms with Crippen LogP contribution in [0.5, 0.6) is 5.75 Å². The average Bonchev–Trinajstić information content (AvgIpc) is 3.25. The standard InChI is InChI=1S/C21H21ClN2O3S2.C2H6/c1-4-26-21(25)14(3)27-18-10-9-17(11-13(18)2)28-12-19-23-20(29-24-19)15-5-7-16(22)8-6-15;1-2/h5-11,14H,4,12H2,1-3H3;1-2H3. The number of nitrogens with zero attached hydrogens (tertiary/aromatic N) is 2. The number of hydrogen-bond donors (Lipinski definition) is 0. The Bertz CT molecular complexity index is 977. The molecular formula is C23H27ClN2O3S2. The SMILES string of the molecule is CC.CCOC(=O)C(C)Oc1ccc(SCc2nsc(-c3ccc(Cl)cc3)n2)cc1C. The first kappa shape index (κ1) is 25.2. The van der Waals surface area contributed by atoms with Crippen molar-refractivity contribution >= 4 is 40.9 Å². The minimum atomic E-state index is -0.641. The van der Waals surface area contributed by atoms with Gasteiger partial charge in [-0.2, -0.15) is 4.37 Å². The summed E-state index contributed by atoms with van der Waals surface area (Å²) in [7, 11) is 0. The van der Waals surface area contributed by atoms with E-state index in [2.05, 4.69) is 9.36 Å². The zero-order valence-electron chi connectivity index (χ0n) is 18.3. The summed E-state index contributed by atoms with van der Waals surface area (Å²) in [6, 6.07) is 13.5. The first-order chi connectivity index (χ1) is 15.0. The van der Waals surface area contributed by atoms with Gasteiger partial charge in [0.15, 0.2) is 11.9 Å². The van der Waals surface area contributed by atoms with Gasteiger partial charge < -0.3 is 9.47 Å². The zero-order chi connectivity index (χ0) is 22.8. The van der Waals surface area contributed by atoms with Gasteiger partial charge in [0, 0.05) is 15.5 Å². The van der Waals surface area contributed by atoms with Crippen LogP contribution in [0.4, 0.5) is 0 Å². The Morgan fingerprint density at radius 3 is 2.55 bits per heavy atom. The first-order valence-corrected chi connectivity index (χ1v) is 12.2. The number of aryl methyl sites for hydroxylation is 1. The van der Waals surface area contributed by atoms with E-state index in [1.165, 1.54) is 11.5 Å². The van der Waals surface area contributed by atoms with Crippen molar-refractivity contribution in [2.75, 3.05) is 6.61 Å². The summed E-state index contributed by atoms with van der Waals surface area (Å²) >= 11 is 8.97. The van der Waals surface area contributed by atoms with E-state index in [0.29, 0.717) is 23.1 Å². The molecule has 0 aliphatic heterocycles. The van der Waals surface area contributed by atoms with Crippen LogP contribution in [0.25, 0.3) is 10.6 Å². The number of benzene rings is 2. The first-order valence-electron chi connectivity index (χ1n) is 10.1. The Hall–Kier alpha value is -2.09. The predicted molar refractivity (Wildman–Crippen MR) is 129 cm³/mol. The maximum atomic E-state index is 11.7. The van der Waals surface area contributed by atoms with Crippen molar-refractivity contribution in [2.45, 2.75) is 51.4 Å². The van der Waals surface area contributed by atoms with E-state index >= 15 is 0 Å². The van der Waals surface area contributed by atoms with Gasteiger partial charge in [-0.1, -0.05) is 37.6 Å². The lowest BCUT2D eigenvalue weighted by Gasteiger charge is -2.15. The molecule has 0 amide bonds. The minimum Gasteiger partial charge on any atom is -0.479 e. The van der Waals surface area contributed by atoms with E-state index in [1.807, 2.05) is 63.2 Å². The molecule has 166 valence electrons. The van der Waals surface area contributed by atoms with Gasteiger partial charge >= 0.3 is 5.97 Å². The maximum absolute atomic E-state index is 11.7. The Kier molecular flexibility index (Phi) is 10.3. The van der Waals surface area contributed by atoms with Crippen LogP contribution < -0.4 is 4.74 Å². The van der Waals surface area contributed by atoms with Gasteiger partial charge in [0.1, 0.15) is 10.8 Å². The smallest absolute Gasteiger partial charge is 0.347 e. The summed E-state index contributed by atoms with van der Waals surface area (Å²) in [5.74, 6) is 1.77. The number of rotatable bonds is 8.